The normalized spacial score (nSPS) is 14.2. The summed E-state index contributed by atoms with van der Waals surface area (Å²) < 4.78 is 30.8. The molecule has 3 aromatic carbocycles. The predicted molar refractivity (Wildman–Crippen MR) is 181 cm³/mol. The Morgan fingerprint density at radius 2 is 1.72 bits per heavy atom. The lowest BCUT2D eigenvalue weighted by atomic mass is 9.97. The Labute approximate surface area is 287 Å². The van der Waals surface area contributed by atoms with E-state index in [0.29, 0.717) is 71.2 Å². The summed E-state index contributed by atoms with van der Waals surface area (Å²) in [5.41, 5.74) is 1.94. The van der Waals surface area contributed by atoms with Crippen molar-refractivity contribution in [1.29, 1.82) is 0 Å². The van der Waals surface area contributed by atoms with E-state index < -0.39 is 12.0 Å². The van der Waals surface area contributed by atoms with Crippen LogP contribution >= 0.6 is 50.5 Å². The minimum Gasteiger partial charge on any atom is -0.493 e. The van der Waals surface area contributed by atoms with Crippen molar-refractivity contribution in [2.45, 2.75) is 26.5 Å². The molecular weight excluding hydrogens is 719 g/mol. The number of esters is 1. The van der Waals surface area contributed by atoms with E-state index in [1.165, 1.54) is 36.3 Å². The van der Waals surface area contributed by atoms with E-state index in [1.54, 1.807) is 54.6 Å². The van der Waals surface area contributed by atoms with Crippen LogP contribution in [0.2, 0.25) is 10.0 Å². The first-order chi connectivity index (χ1) is 22.2. The first-order valence-corrected chi connectivity index (χ1v) is 16.5. The van der Waals surface area contributed by atoms with Gasteiger partial charge in [0.2, 0.25) is 0 Å². The van der Waals surface area contributed by atoms with E-state index in [4.69, 9.17) is 46.9 Å². The molecule has 0 saturated heterocycles. The second kappa shape index (κ2) is 14.8. The highest BCUT2D eigenvalue weighted by atomic mass is 79.9. The number of aromatic nitrogens is 1. The maximum Gasteiger partial charge on any atom is 0.337 e. The lowest BCUT2D eigenvalue weighted by Crippen LogP contribution is -2.39. The van der Waals surface area contributed by atoms with E-state index in [2.05, 4.69) is 20.9 Å². The summed E-state index contributed by atoms with van der Waals surface area (Å²) in [5.74, 6) is 1.39. The topological polar surface area (TPSA) is 97.6 Å². The SMILES string of the molecule is CCOc1ccc([C@H]2C(C(=O)OC)=CN=c3s/c(=C\c4cc(OC)c(OCc5ccc(Cl)cc5Cl)cc4Br)c(=O)n32)cc1OCC. The fourth-order valence-corrected chi connectivity index (χ4v) is 6.72. The van der Waals surface area contributed by atoms with Gasteiger partial charge in [-0.25, -0.2) is 9.79 Å². The Morgan fingerprint density at radius 3 is 2.41 bits per heavy atom. The van der Waals surface area contributed by atoms with Crippen LogP contribution < -0.4 is 33.8 Å². The van der Waals surface area contributed by atoms with E-state index >= 15 is 0 Å². The fraction of sp³-hybridized carbons (Fsp3) is 0.242. The molecule has 1 aromatic heterocycles. The highest BCUT2D eigenvalue weighted by molar-refractivity contribution is 9.10. The predicted octanol–water partition coefficient (Wildman–Crippen LogP) is 6.47. The van der Waals surface area contributed by atoms with Gasteiger partial charge in [-0.05, 0) is 67.4 Å². The van der Waals surface area contributed by atoms with Gasteiger partial charge in [0, 0.05) is 26.3 Å². The number of hydrogen-bond donors (Lipinski definition) is 0. The Bertz CT molecular complexity index is 2010. The summed E-state index contributed by atoms with van der Waals surface area (Å²) in [4.78, 5) is 31.8. The molecule has 0 unspecified atom stereocenters. The standard InChI is InChI=1S/C33H29BrCl2N2O7S/c1-5-43-25-10-8-18(11-27(25)44-6-2)30-22(32(40)42-4)16-37-33-38(30)31(39)29(46-33)13-20-12-26(41-3)28(15-23(20)34)45-17-19-7-9-21(35)14-24(19)36/h7-16,30H,5-6,17H2,1-4H3/b29-13-/t30-/m0/s1. The third-order valence-corrected chi connectivity index (χ3v) is 9.25. The molecule has 0 radical (unpaired) electrons. The summed E-state index contributed by atoms with van der Waals surface area (Å²) in [6.07, 6.45) is 3.18. The summed E-state index contributed by atoms with van der Waals surface area (Å²) >= 11 is 17.1. The number of methoxy groups -OCH3 is 2. The van der Waals surface area contributed by atoms with Crippen molar-refractivity contribution in [3.63, 3.8) is 0 Å². The number of thiazole rings is 1. The zero-order chi connectivity index (χ0) is 33.0. The third-order valence-electron chi connectivity index (χ3n) is 6.98. The van der Waals surface area contributed by atoms with Gasteiger partial charge in [0.15, 0.2) is 27.8 Å². The van der Waals surface area contributed by atoms with Crippen LogP contribution in [0.4, 0.5) is 0 Å². The van der Waals surface area contributed by atoms with E-state index in [1.807, 2.05) is 13.8 Å². The zero-order valence-electron chi connectivity index (χ0n) is 25.3. The average Bonchev–Trinajstić information content (AvgIpc) is 3.36. The van der Waals surface area contributed by atoms with Crippen LogP contribution in [-0.2, 0) is 16.1 Å². The van der Waals surface area contributed by atoms with Crippen molar-refractivity contribution in [2.75, 3.05) is 27.4 Å². The molecule has 13 heteroatoms. The molecule has 2 heterocycles. The summed E-state index contributed by atoms with van der Waals surface area (Å²) in [5, 5.41) is 1.02. The molecule has 0 saturated carbocycles. The highest BCUT2D eigenvalue weighted by Gasteiger charge is 2.31. The molecule has 9 nitrogen and oxygen atoms in total. The van der Waals surface area contributed by atoms with Crippen LogP contribution in [0.25, 0.3) is 6.08 Å². The first kappa shape index (κ1) is 33.6. The summed E-state index contributed by atoms with van der Waals surface area (Å²) in [7, 11) is 2.82. The Morgan fingerprint density at radius 1 is 0.978 bits per heavy atom. The quantitative estimate of drug-likeness (QED) is 0.162. The maximum atomic E-state index is 14.0. The van der Waals surface area contributed by atoms with Gasteiger partial charge in [-0.15, -0.1) is 0 Å². The van der Waals surface area contributed by atoms with Gasteiger partial charge in [0.1, 0.15) is 6.61 Å². The number of carbonyl (C=O) groups is 1. The second-order valence-electron chi connectivity index (χ2n) is 9.80. The number of carbonyl (C=O) groups excluding carboxylic acids is 1. The van der Waals surface area contributed by atoms with E-state index in [9.17, 15) is 9.59 Å². The number of halogens is 3. The number of benzene rings is 3. The number of ether oxygens (including phenoxy) is 5. The molecule has 46 heavy (non-hydrogen) atoms. The van der Waals surface area contributed by atoms with Gasteiger partial charge in [-0.3, -0.25) is 9.36 Å². The molecule has 240 valence electrons. The molecular formula is C33H29BrCl2N2O7S. The third kappa shape index (κ3) is 6.97. The molecule has 5 rings (SSSR count). The van der Waals surface area contributed by atoms with Gasteiger partial charge >= 0.3 is 5.97 Å². The molecule has 1 atom stereocenters. The Kier molecular flexibility index (Phi) is 10.8. The van der Waals surface area contributed by atoms with Gasteiger partial charge < -0.3 is 23.7 Å². The minimum atomic E-state index is -0.811. The van der Waals surface area contributed by atoms with Crippen molar-refractivity contribution >= 4 is 62.5 Å². The van der Waals surface area contributed by atoms with Crippen LogP contribution in [0.15, 0.2) is 74.6 Å². The Balaban J connectivity index is 1.56. The van der Waals surface area contributed by atoms with Crippen LogP contribution in [0.3, 0.4) is 0 Å². The van der Waals surface area contributed by atoms with Crippen molar-refractivity contribution in [3.8, 4) is 23.0 Å². The van der Waals surface area contributed by atoms with E-state index in [-0.39, 0.29) is 17.7 Å². The lowest BCUT2D eigenvalue weighted by molar-refractivity contribution is -0.136. The summed E-state index contributed by atoms with van der Waals surface area (Å²) in [6, 6.07) is 13.2. The number of hydrogen-bond acceptors (Lipinski definition) is 9. The zero-order valence-corrected chi connectivity index (χ0v) is 29.2. The van der Waals surface area contributed by atoms with Crippen LogP contribution in [0.5, 0.6) is 23.0 Å². The average molecular weight is 748 g/mol. The van der Waals surface area contributed by atoms with Gasteiger partial charge in [-0.2, -0.15) is 0 Å². The summed E-state index contributed by atoms with van der Waals surface area (Å²) in [6.45, 7) is 4.79. The van der Waals surface area contributed by atoms with Crippen LogP contribution in [0, 0.1) is 0 Å². The van der Waals surface area contributed by atoms with E-state index in [0.717, 1.165) is 5.56 Å². The smallest absolute Gasteiger partial charge is 0.337 e. The van der Waals surface area contributed by atoms with Crippen molar-refractivity contribution in [3.05, 3.63) is 111 Å². The van der Waals surface area contributed by atoms with Crippen molar-refractivity contribution < 1.29 is 28.5 Å². The Hall–Kier alpha value is -3.77. The molecule has 0 spiro atoms. The van der Waals surface area contributed by atoms with Gasteiger partial charge in [0.05, 0.1) is 43.6 Å². The van der Waals surface area contributed by atoms with Crippen molar-refractivity contribution in [2.24, 2.45) is 4.99 Å². The first-order valence-electron chi connectivity index (χ1n) is 14.1. The molecule has 0 N–H and O–H groups in total. The molecule has 0 aliphatic carbocycles. The second-order valence-corrected chi connectivity index (χ2v) is 12.5. The highest BCUT2D eigenvalue weighted by Crippen LogP contribution is 2.36. The molecule has 0 bridgehead atoms. The van der Waals surface area contributed by atoms with Gasteiger partial charge in [0.25, 0.3) is 5.56 Å². The number of fused-ring (bicyclic) bond motifs is 1. The largest absolute Gasteiger partial charge is 0.493 e. The monoisotopic (exact) mass is 746 g/mol. The molecule has 1 aliphatic rings. The lowest BCUT2D eigenvalue weighted by Gasteiger charge is -2.23. The molecule has 1 aliphatic heterocycles. The number of rotatable bonds is 11. The number of nitrogens with zero attached hydrogens (tertiary/aromatic N) is 2. The van der Waals surface area contributed by atoms with Crippen LogP contribution in [0.1, 0.15) is 36.6 Å². The van der Waals surface area contributed by atoms with Gasteiger partial charge in [-0.1, -0.05) is 62.6 Å². The fourth-order valence-electron chi connectivity index (χ4n) is 4.86. The minimum absolute atomic E-state index is 0.190. The van der Waals surface area contributed by atoms with Crippen LogP contribution in [-0.4, -0.2) is 38.0 Å². The molecule has 0 fully saturated rings. The van der Waals surface area contributed by atoms with Crippen molar-refractivity contribution in [1.82, 2.24) is 4.57 Å². The molecule has 4 aromatic rings. The molecule has 0 amide bonds. The maximum absolute atomic E-state index is 14.0.